The maximum atomic E-state index is 12.5. The molecule has 1 aliphatic rings. The van der Waals surface area contributed by atoms with Gasteiger partial charge in [0.05, 0.1) is 17.0 Å². The maximum absolute atomic E-state index is 12.5. The third kappa shape index (κ3) is 3.56. The Kier molecular flexibility index (Phi) is 4.67. The van der Waals surface area contributed by atoms with Crippen molar-refractivity contribution in [3.8, 4) is 0 Å². The molecule has 6 heteroatoms. The van der Waals surface area contributed by atoms with Crippen LogP contribution >= 0.6 is 11.6 Å². The topological polar surface area (TPSA) is 56.4 Å². The van der Waals surface area contributed by atoms with Crippen molar-refractivity contribution in [3.63, 3.8) is 0 Å². The number of nitrogens with one attached hydrogen (secondary N) is 1. The fourth-order valence-corrected chi connectivity index (χ4v) is 2.93. The van der Waals surface area contributed by atoms with Gasteiger partial charge < -0.3 is 14.8 Å². The summed E-state index contributed by atoms with van der Waals surface area (Å²) < 4.78 is 0. The monoisotopic (exact) mass is 331 g/mol. The highest BCUT2D eigenvalue weighted by Gasteiger charge is 2.25. The van der Waals surface area contributed by atoms with Crippen LogP contribution < -0.4 is 0 Å². The molecule has 2 heterocycles. The molecular weight excluding hydrogens is 314 g/mol. The smallest absolute Gasteiger partial charge is 0.255 e. The predicted octanol–water partition coefficient (Wildman–Crippen LogP) is 2.20. The third-order valence-corrected chi connectivity index (χ3v) is 4.36. The lowest BCUT2D eigenvalue weighted by atomic mass is 10.1. The van der Waals surface area contributed by atoms with Gasteiger partial charge in [0.15, 0.2) is 0 Å². The summed E-state index contributed by atoms with van der Waals surface area (Å²) in [7, 11) is 0. The Bertz CT molecular complexity index is 692. The number of amides is 2. The van der Waals surface area contributed by atoms with Crippen molar-refractivity contribution in [2.24, 2.45) is 0 Å². The van der Waals surface area contributed by atoms with E-state index in [2.05, 4.69) is 4.98 Å². The normalized spacial score (nSPS) is 14.8. The first-order chi connectivity index (χ1) is 11.1. The second-order valence-electron chi connectivity index (χ2n) is 5.52. The number of carbonyl (C=O) groups excluding carboxylic acids is 2. The van der Waals surface area contributed by atoms with Gasteiger partial charge in [0.25, 0.3) is 5.91 Å². The van der Waals surface area contributed by atoms with Crippen molar-refractivity contribution < 1.29 is 9.59 Å². The summed E-state index contributed by atoms with van der Waals surface area (Å²) in [4.78, 5) is 31.3. The average molecular weight is 332 g/mol. The molecule has 0 atom stereocenters. The zero-order valence-corrected chi connectivity index (χ0v) is 13.4. The fraction of sp³-hybridized carbons (Fsp3) is 0.294. The van der Waals surface area contributed by atoms with E-state index in [-0.39, 0.29) is 11.8 Å². The summed E-state index contributed by atoms with van der Waals surface area (Å²) in [5.74, 6) is 0.00404. The minimum Gasteiger partial charge on any atom is -0.365 e. The van der Waals surface area contributed by atoms with Gasteiger partial charge >= 0.3 is 0 Å². The number of aromatic amines is 1. The number of hydrogen-bond acceptors (Lipinski definition) is 2. The van der Waals surface area contributed by atoms with E-state index >= 15 is 0 Å². The second kappa shape index (κ2) is 6.87. The minimum atomic E-state index is -0.0768. The Labute approximate surface area is 139 Å². The molecule has 0 unspecified atom stereocenters. The molecule has 1 saturated heterocycles. The fourth-order valence-electron chi connectivity index (χ4n) is 2.72. The standard InChI is InChI=1S/C17H18ClN3O2/c18-15-6-2-1-5-14(15)17(23)21-10-8-20(9-11-21)16(22)12-13-4-3-7-19-13/h1-7,19H,8-12H2. The van der Waals surface area contributed by atoms with E-state index in [1.165, 1.54) is 0 Å². The van der Waals surface area contributed by atoms with Gasteiger partial charge in [-0.2, -0.15) is 0 Å². The molecule has 5 nitrogen and oxygen atoms in total. The first-order valence-electron chi connectivity index (χ1n) is 7.59. The molecule has 1 N–H and O–H groups in total. The van der Waals surface area contributed by atoms with Gasteiger partial charge in [-0.3, -0.25) is 9.59 Å². The molecule has 0 aliphatic carbocycles. The molecule has 0 saturated carbocycles. The molecule has 23 heavy (non-hydrogen) atoms. The van der Waals surface area contributed by atoms with Crippen molar-refractivity contribution >= 4 is 23.4 Å². The van der Waals surface area contributed by atoms with Crippen LogP contribution in [0.4, 0.5) is 0 Å². The highest BCUT2D eigenvalue weighted by Crippen LogP contribution is 2.18. The molecular formula is C17H18ClN3O2. The Morgan fingerprint density at radius 1 is 1.00 bits per heavy atom. The average Bonchev–Trinajstić information content (AvgIpc) is 3.08. The minimum absolute atomic E-state index is 0.0768. The number of halogens is 1. The molecule has 0 spiro atoms. The van der Waals surface area contributed by atoms with Crippen LogP contribution in [0.25, 0.3) is 0 Å². The summed E-state index contributed by atoms with van der Waals surface area (Å²) in [6.07, 6.45) is 2.17. The first kappa shape index (κ1) is 15.6. The van der Waals surface area contributed by atoms with Gasteiger partial charge in [0.2, 0.25) is 5.91 Å². The second-order valence-corrected chi connectivity index (χ2v) is 5.93. The summed E-state index contributed by atoms with van der Waals surface area (Å²) in [6.45, 7) is 2.16. The highest BCUT2D eigenvalue weighted by molar-refractivity contribution is 6.33. The summed E-state index contributed by atoms with van der Waals surface area (Å²) in [5.41, 5.74) is 1.42. The van der Waals surface area contributed by atoms with Crippen molar-refractivity contribution in [1.29, 1.82) is 0 Å². The largest absolute Gasteiger partial charge is 0.365 e. The lowest BCUT2D eigenvalue weighted by molar-refractivity contribution is -0.132. The van der Waals surface area contributed by atoms with Crippen LogP contribution in [-0.2, 0) is 11.2 Å². The highest BCUT2D eigenvalue weighted by atomic mass is 35.5. The van der Waals surface area contributed by atoms with Gasteiger partial charge in [-0.15, -0.1) is 0 Å². The van der Waals surface area contributed by atoms with E-state index in [4.69, 9.17) is 11.6 Å². The Morgan fingerprint density at radius 2 is 1.70 bits per heavy atom. The zero-order chi connectivity index (χ0) is 16.2. The van der Waals surface area contributed by atoms with E-state index in [1.807, 2.05) is 18.3 Å². The van der Waals surface area contributed by atoms with Crippen LogP contribution in [0.3, 0.4) is 0 Å². The van der Waals surface area contributed by atoms with E-state index in [0.29, 0.717) is 43.2 Å². The first-order valence-corrected chi connectivity index (χ1v) is 7.97. The Morgan fingerprint density at radius 3 is 2.35 bits per heavy atom. The van der Waals surface area contributed by atoms with E-state index in [0.717, 1.165) is 5.69 Å². The van der Waals surface area contributed by atoms with Crippen LogP contribution in [0, 0.1) is 0 Å². The predicted molar refractivity (Wildman–Crippen MR) is 88.4 cm³/mol. The number of rotatable bonds is 3. The van der Waals surface area contributed by atoms with E-state index < -0.39 is 0 Å². The SMILES string of the molecule is O=C(Cc1ccc[nH]1)N1CCN(C(=O)c2ccccc2Cl)CC1. The van der Waals surface area contributed by atoms with Crippen LogP contribution in [0.5, 0.6) is 0 Å². The lowest BCUT2D eigenvalue weighted by Gasteiger charge is -2.35. The number of carbonyl (C=O) groups is 2. The molecule has 120 valence electrons. The van der Waals surface area contributed by atoms with Crippen molar-refractivity contribution in [2.75, 3.05) is 26.2 Å². The molecule has 1 aromatic carbocycles. The number of benzene rings is 1. The van der Waals surface area contributed by atoms with Crippen molar-refractivity contribution in [2.45, 2.75) is 6.42 Å². The number of hydrogen-bond donors (Lipinski definition) is 1. The molecule has 0 bridgehead atoms. The molecule has 1 aromatic heterocycles. The van der Waals surface area contributed by atoms with Gasteiger partial charge in [0, 0.05) is 38.1 Å². The van der Waals surface area contributed by atoms with Gasteiger partial charge in [-0.25, -0.2) is 0 Å². The van der Waals surface area contributed by atoms with Gasteiger partial charge in [0.1, 0.15) is 0 Å². The summed E-state index contributed by atoms with van der Waals surface area (Å²) in [6, 6.07) is 10.8. The van der Waals surface area contributed by atoms with Gasteiger partial charge in [-0.05, 0) is 24.3 Å². The molecule has 1 aliphatic heterocycles. The van der Waals surface area contributed by atoms with E-state index in [9.17, 15) is 9.59 Å². The number of piperazine rings is 1. The van der Waals surface area contributed by atoms with Crippen LogP contribution in [0.15, 0.2) is 42.6 Å². The number of H-pyrrole nitrogens is 1. The van der Waals surface area contributed by atoms with Gasteiger partial charge in [-0.1, -0.05) is 23.7 Å². The Balaban J connectivity index is 1.57. The third-order valence-electron chi connectivity index (χ3n) is 4.03. The lowest BCUT2D eigenvalue weighted by Crippen LogP contribution is -2.51. The van der Waals surface area contributed by atoms with Crippen LogP contribution in [0.1, 0.15) is 16.1 Å². The summed E-state index contributed by atoms with van der Waals surface area (Å²) in [5, 5.41) is 0.461. The molecule has 2 aromatic rings. The molecule has 2 amide bonds. The maximum Gasteiger partial charge on any atom is 0.255 e. The number of nitrogens with zero attached hydrogens (tertiary/aromatic N) is 2. The quantitative estimate of drug-likeness (QED) is 0.937. The summed E-state index contributed by atoms with van der Waals surface area (Å²) >= 11 is 6.08. The number of aromatic nitrogens is 1. The van der Waals surface area contributed by atoms with Crippen LogP contribution in [-0.4, -0.2) is 52.8 Å². The molecule has 0 radical (unpaired) electrons. The van der Waals surface area contributed by atoms with Crippen LogP contribution in [0.2, 0.25) is 5.02 Å². The zero-order valence-electron chi connectivity index (χ0n) is 12.7. The van der Waals surface area contributed by atoms with Crippen molar-refractivity contribution in [3.05, 3.63) is 58.9 Å². The Hall–Kier alpha value is -2.27. The molecule has 1 fully saturated rings. The van der Waals surface area contributed by atoms with E-state index in [1.54, 1.807) is 34.1 Å². The molecule has 3 rings (SSSR count). The van der Waals surface area contributed by atoms with Crippen molar-refractivity contribution in [1.82, 2.24) is 14.8 Å².